The lowest BCUT2D eigenvalue weighted by molar-refractivity contribution is -0.149. The average molecular weight is 406 g/mol. The van der Waals surface area contributed by atoms with Crippen molar-refractivity contribution in [1.82, 2.24) is 9.80 Å². The van der Waals surface area contributed by atoms with Crippen LogP contribution in [0, 0.1) is 5.92 Å². The van der Waals surface area contributed by atoms with E-state index < -0.39 is 30.4 Å². The number of benzene rings is 1. The van der Waals surface area contributed by atoms with Crippen LogP contribution in [-0.4, -0.2) is 73.2 Å². The lowest BCUT2D eigenvalue weighted by Crippen LogP contribution is -2.56. The number of nitrogens with zero attached hydrogens (tertiary/aromatic N) is 2. The van der Waals surface area contributed by atoms with Gasteiger partial charge in [-0.1, -0.05) is 13.8 Å². The average Bonchev–Trinajstić information content (AvgIpc) is 2.68. The molecule has 158 valence electrons. The van der Waals surface area contributed by atoms with Gasteiger partial charge in [0.05, 0.1) is 19.9 Å². The molecule has 0 aromatic heterocycles. The standard InChI is InChI=1S/C20H26N2O7/c1-12(2)19-20(26)21(10-18(24)25)14(9-22(19)17(23)11-27-3)13-6-7-15(28-4)16(8-13)29-5/h6-9,12,19H,10-11H2,1-5H3,(H,24,25)/t19-/m0/s1. The van der Waals surface area contributed by atoms with E-state index in [9.17, 15) is 19.5 Å². The van der Waals surface area contributed by atoms with Crippen molar-refractivity contribution in [2.45, 2.75) is 19.9 Å². The van der Waals surface area contributed by atoms with E-state index in [1.807, 2.05) is 0 Å². The first kappa shape index (κ1) is 22.2. The molecule has 1 aliphatic heterocycles. The zero-order valence-electron chi connectivity index (χ0n) is 17.2. The number of aliphatic carboxylic acids is 1. The van der Waals surface area contributed by atoms with Crippen LogP contribution in [0.1, 0.15) is 19.4 Å². The largest absolute Gasteiger partial charge is 0.493 e. The van der Waals surface area contributed by atoms with Crippen molar-refractivity contribution in [3.63, 3.8) is 0 Å². The summed E-state index contributed by atoms with van der Waals surface area (Å²) in [5.41, 5.74) is 0.786. The zero-order valence-corrected chi connectivity index (χ0v) is 17.2. The summed E-state index contributed by atoms with van der Waals surface area (Å²) in [6.07, 6.45) is 1.50. The minimum atomic E-state index is -1.16. The summed E-state index contributed by atoms with van der Waals surface area (Å²) in [4.78, 5) is 39.8. The van der Waals surface area contributed by atoms with Crippen molar-refractivity contribution in [3.05, 3.63) is 30.0 Å². The van der Waals surface area contributed by atoms with Gasteiger partial charge in [-0.3, -0.25) is 19.3 Å². The summed E-state index contributed by atoms with van der Waals surface area (Å²) in [6.45, 7) is 2.85. The topological polar surface area (TPSA) is 106 Å². The summed E-state index contributed by atoms with van der Waals surface area (Å²) >= 11 is 0. The molecule has 0 saturated carbocycles. The molecule has 1 N–H and O–H groups in total. The van der Waals surface area contributed by atoms with E-state index >= 15 is 0 Å². The molecule has 0 radical (unpaired) electrons. The van der Waals surface area contributed by atoms with Gasteiger partial charge in [-0.15, -0.1) is 0 Å². The van der Waals surface area contributed by atoms with Gasteiger partial charge in [0.25, 0.3) is 11.8 Å². The summed E-state index contributed by atoms with van der Waals surface area (Å²) in [5, 5.41) is 9.35. The number of rotatable bonds is 8. The third kappa shape index (κ3) is 4.68. The Morgan fingerprint density at radius 3 is 2.31 bits per heavy atom. The highest BCUT2D eigenvalue weighted by Gasteiger charge is 2.41. The highest BCUT2D eigenvalue weighted by molar-refractivity contribution is 5.99. The molecule has 1 aromatic carbocycles. The monoisotopic (exact) mass is 406 g/mol. The van der Waals surface area contributed by atoms with Crippen molar-refractivity contribution in [3.8, 4) is 11.5 Å². The maximum atomic E-state index is 13.2. The van der Waals surface area contributed by atoms with Gasteiger partial charge in [0.2, 0.25) is 0 Å². The molecular weight excluding hydrogens is 380 g/mol. The highest BCUT2D eigenvalue weighted by atomic mass is 16.5. The molecule has 2 rings (SSSR count). The molecule has 0 bridgehead atoms. The van der Waals surface area contributed by atoms with Gasteiger partial charge < -0.3 is 24.2 Å². The molecule has 2 amide bonds. The summed E-state index contributed by atoms with van der Waals surface area (Å²) in [6, 6.07) is 4.11. The molecule has 1 heterocycles. The minimum absolute atomic E-state index is 0.203. The fourth-order valence-corrected chi connectivity index (χ4v) is 3.23. The quantitative estimate of drug-likeness (QED) is 0.696. The molecule has 9 heteroatoms. The van der Waals surface area contributed by atoms with E-state index in [2.05, 4.69) is 0 Å². The Kier molecular flexibility index (Phi) is 7.22. The smallest absolute Gasteiger partial charge is 0.323 e. The van der Waals surface area contributed by atoms with E-state index in [1.165, 1.54) is 37.3 Å². The molecule has 1 aromatic rings. The van der Waals surface area contributed by atoms with Crippen LogP contribution in [0.4, 0.5) is 0 Å². The molecule has 0 aliphatic carbocycles. The number of ether oxygens (including phenoxy) is 3. The van der Waals surface area contributed by atoms with Crippen LogP contribution in [-0.2, 0) is 19.1 Å². The number of hydrogen-bond donors (Lipinski definition) is 1. The van der Waals surface area contributed by atoms with Crippen molar-refractivity contribution < 1.29 is 33.7 Å². The maximum absolute atomic E-state index is 13.2. The third-order valence-corrected chi connectivity index (χ3v) is 4.53. The van der Waals surface area contributed by atoms with Crippen LogP contribution in [0.3, 0.4) is 0 Å². The fourth-order valence-electron chi connectivity index (χ4n) is 3.23. The van der Waals surface area contributed by atoms with E-state index in [4.69, 9.17) is 14.2 Å². The number of amides is 2. The maximum Gasteiger partial charge on any atom is 0.323 e. The number of carboxylic acid groups (broad SMARTS) is 1. The lowest BCUT2D eigenvalue weighted by atomic mass is 9.97. The fraction of sp³-hybridized carbons (Fsp3) is 0.450. The van der Waals surface area contributed by atoms with Crippen LogP contribution in [0.25, 0.3) is 5.70 Å². The number of carbonyl (C=O) groups excluding carboxylic acids is 2. The molecular formula is C20H26N2O7. The number of hydrogen-bond acceptors (Lipinski definition) is 6. The summed E-state index contributed by atoms with van der Waals surface area (Å²) < 4.78 is 15.5. The van der Waals surface area contributed by atoms with Crippen molar-refractivity contribution >= 4 is 23.5 Å². The SMILES string of the molecule is COCC(=O)N1C=C(c2ccc(OC)c(OC)c2)N(CC(=O)O)C(=O)[C@@H]1C(C)C. The van der Waals surface area contributed by atoms with Crippen LogP contribution in [0.15, 0.2) is 24.4 Å². The Hall–Kier alpha value is -3.07. The number of carboxylic acids is 1. The van der Waals surface area contributed by atoms with Crippen molar-refractivity contribution in [1.29, 1.82) is 0 Å². The second kappa shape index (κ2) is 9.42. The van der Waals surface area contributed by atoms with Crippen LogP contribution >= 0.6 is 0 Å². The van der Waals surface area contributed by atoms with E-state index in [0.717, 1.165) is 0 Å². The minimum Gasteiger partial charge on any atom is -0.493 e. The van der Waals surface area contributed by atoms with Gasteiger partial charge in [0.1, 0.15) is 19.2 Å². The highest BCUT2D eigenvalue weighted by Crippen LogP contribution is 2.35. The Balaban J connectivity index is 2.65. The number of carbonyl (C=O) groups is 3. The van der Waals surface area contributed by atoms with E-state index in [-0.39, 0.29) is 18.2 Å². The van der Waals surface area contributed by atoms with Crippen LogP contribution in [0.5, 0.6) is 11.5 Å². The van der Waals surface area contributed by atoms with E-state index in [1.54, 1.807) is 32.0 Å². The summed E-state index contributed by atoms with van der Waals surface area (Å²) in [7, 11) is 4.36. The van der Waals surface area contributed by atoms with Gasteiger partial charge in [0.15, 0.2) is 11.5 Å². The molecule has 0 saturated heterocycles. The first-order valence-corrected chi connectivity index (χ1v) is 9.02. The van der Waals surface area contributed by atoms with Crippen molar-refractivity contribution in [2.75, 3.05) is 34.5 Å². The molecule has 0 fully saturated rings. The molecule has 1 aliphatic rings. The van der Waals surface area contributed by atoms with Crippen molar-refractivity contribution in [2.24, 2.45) is 5.92 Å². The molecule has 9 nitrogen and oxygen atoms in total. The lowest BCUT2D eigenvalue weighted by Gasteiger charge is -2.40. The van der Waals surface area contributed by atoms with Crippen LogP contribution < -0.4 is 9.47 Å². The Morgan fingerprint density at radius 2 is 1.79 bits per heavy atom. The number of methoxy groups -OCH3 is 3. The second-order valence-corrected chi connectivity index (χ2v) is 6.83. The van der Waals surface area contributed by atoms with Gasteiger partial charge in [-0.05, 0) is 24.1 Å². The van der Waals surface area contributed by atoms with Gasteiger partial charge >= 0.3 is 5.97 Å². The first-order valence-electron chi connectivity index (χ1n) is 9.02. The Morgan fingerprint density at radius 1 is 1.14 bits per heavy atom. The first-order chi connectivity index (χ1) is 13.7. The predicted molar refractivity (Wildman–Crippen MR) is 104 cm³/mol. The summed E-state index contributed by atoms with van der Waals surface area (Å²) in [5.74, 6) is -1.37. The predicted octanol–water partition coefficient (Wildman–Crippen LogP) is 1.43. The van der Waals surface area contributed by atoms with E-state index in [0.29, 0.717) is 17.1 Å². The Bertz CT molecular complexity index is 819. The van der Waals surface area contributed by atoms with Gasteiger partial charge in [-0.25, -0.2) is 0 Å². The third-order valence-electron chi connectivity index (χ3n) is 4.53. The van der Waals surface area contributed by atoms with Gasteiger partial charge in [0, 0.05) is 18.9 Å². The molecule has 1 atom stereocenters. The molecule has 0 spiro atoms. The normalized spacial score (nSPS) is 16.7. The van der Waals surface area contributed by atoms with Gasteiger partial charge in [-0.2, -0.15) is 0 Å². The molecule has 29 heavy (non-hydrogen) atoms. The molecule has 0 unspecified atom stereocenters. The zero-order chi connectivity index (χ0) is 21.7. The van der Waals surface area contributed by atoms with Crippen LogP contribution in [0.2, 0.25) is 0 Å². The second-order valence-electron chi connectivity index (χ2n) is 6.83. The Labute approximate surface area is 169 Å².